The molecule has 18 heavy (non-hydrogen) atoms. The summed E-state index contributed by atoms with van der Waals surface area (Å²) in [5.41, 5.74) is 0. The Morgan fingerprint density at radius 1 is 1.39 bits per heavy atom. The first kappa shape index (κ1) is 15.3. The van der Waals surface area contributed by atoms with Gasteiger partial charge in [-0.3, -0.25) is 4.79 Å². The van der Waals surface area contributed by atoms with Gasteiger partial charge in [-0.25, -0.2) is 4.79 Å². The third-order valence-corrected chi connectivity index (χ3v) is 4.07. The number of ether oxygens (including phenoxy) is 1. The maximum atomic E-state index is 11.7. The van der Waals surface area contributed by atoms with E-state index in [2.05, 4.69) is 21.2 Å². The summed E-state index contributed by atoms with van der Waals surface area (Å²) in [6.07, 6.45) is 2.09. The van der Waals surface area contributed by atoms with Crippen molar-refractivity contribution < 1.29 is 14.3 Å². The van der Waals surface area contributed by atoms with E-state index in [4.69, 9.17) is 4.74 Å². The molecule has 0 radical (unpaired) electrons. The lowest BCUT2D eigenvalue weighted by Crippen LogP contribution is -2.48. The quantitative estimate of drug-likeness (QED) is 0.805. The first-order valence-electron chi connectivity index (χ1n) is 6.44. The molecular formula is C12H21BrN2O3. The van der Waals surface area contributed by atoms with Crippen molar-refractivity contribution in [1.82, 2.24) is 10.2 Å². The second-order valence-corrected chi connectivity index (χ2v) is 5.45. The van der Waals surface area contributed by atoms with Crippen LogP contribution in [0.1, 0.15) is 33.1 Å². The summed E-state index contributed by atoms with van der Waals surface area (Å²) < 4.78 is 4.95. The second-order valence-electron chi connectivity index (χ2n) is 4.34. The van der Waals surface area contributed by atoms with Crippen molar-refractivity contribution in [2.75, 3.05) is 19.7 Å². The van der Waals surface area contributed by atoms with Crippen LogP contribution in [-0.2, 0) is 9.53 Å². The number of carbonyl (C=O) groups is 2. The zero-order valence-electron chi connectivity index (χ0n) is 10.9. The van der Waals surface area contributed by atoms with Crippen molar-refractivity contribution in [2.45, 2.75) is 44.0 Å². The smallest absolute Gasteiger partial charge is 0.409 e. The Kier molecular flexibility index (Phi) is 6.46. The number of likely N-dealkylation sites (tertiary alicyclic amines) is 1. The molecule has 1 fully saturated rings. The summed E-state index contributed by atoms with van der Waals surface area (Å²) >= 11 is 3.33. The van der Waals surface area contributed by atoms with Gasteiger partial charge in [0.25, 0.3) is 0 Å². The first-order valence-corrected chi connectivity index (χ1v) is 7.36. The molecule has 1 atom stereocenters. The maximum Gasteiger partial charge on any atom is 0.409 e. The molecule has 1 rings (SSSR count). The van der Waals surface area contributed by atoms with Crippen molar-refractivity contribution in [3.63, 3.8) is 0 Å². The average molecular weight is 321 g/mol. The van der Waals surface area contributed by atoms with Crippen molar-refractivity contribution >= 4 is 27.9 Å². The van der Waals surface area contributed by atoms with Gasteiger partial charge in [0.1, 0.15) is 0 Å². The number of nitrogens with one attached hydrogen (secondary N) is 1. The number of hydrogen-bond acceptors (Lipinski definition) is 3. The highest BCUT2D eigenvalue weighted by Gasteiger charge is 2.25. The molecule has 1 aliphatic heterocycles. The lowest BCUT2D eigenvalue weighted by molar-refractivity contribution is -0.121. The minimum atomic E-state index is -0.255. The number of hydrogen-bond donors (Lipinski definition) is 1. The SMILES string of the molecule is CCOC(=O)N1CCC(NC(=O)C(Br)CC)CC1. The summed E-state index contributed by atoms with van der Waals surface area (Å²) in [5.74, 6) is 0.0343. The topological polar surface area (TPSA) is 58.6 Å². The minimum absolute atomic E-state index is 0.0343. The fourth-order valence-corrected chi connectivity index (χ4v) is 2.03. The molecule has 0 spiro atoms. The molecule has 0 aromatic carbocycles. The molecule has 1 unspecified atom stereocenters. The predicted octanol–water partition coefficient (Wildman–Crippen LogP) is 1.90. The van der Waals surface area contributed by atoms with Crippen LogP contribution < -0.4 is 5.32 Å². The molecule has 0 aromatic heterocycles. The van der Waals surface area contributed by atoms with Gasteiger partial charge in [-0.2, -0.15) is 0 Å². The van der Waals surface area contributed by atoms with E-state index >= 15 is 0 Å². The highest BCUT2D eigenvalue weighted by atomic mass is 79.9. The van der Waals surface area contributed by atoms with Crippen LogP contribution in [0, 0.1) is 0 Å². The zero-order valence-corrected chi connectivity index (χ0v) is 12.5. The summed E-state index contributed by atoms with van der Waals surface area (Å²) in [7, 11) is 0. The summed E-state index contributed by atoms with van der Waals surface area (Å²) in [6, 6.07) is 0.162. The molecule has 1 saturated heterocycles. The number of alkyl halides is 1. The standard InChI is InChI=1S/C12H21BrN2O3/c1-3-10(13)11(16)14-9-5-7-15(8-6-9)12(17)18-4-2/h9-10H,3-8H2,1-2H3,(H,14,16). The van der Waals surface area contributed by atoms with Crippen LogP contribution in [0.15, 0.2) is 0 Å². The second kappa shape index (κ2) is 7.61. The van der Waals surface area contributed by atoms with Gasteiger partial charge in [-0.15, -0.1) is 0 Å². The van der Waals surface area contributed by atoms with Crippen LogP contribution in [0.3, 0.4) is 0 Å². The van der Waals surface area contributed by atoms with Crippen molar-refractivity contribution in [3.05, 3.63) is 0 Å². The number of nitrogens with zero attached hydrogens (tertiary/aromatic N) is 1. The van der Waals surface area contributed by atoms with Crippen LogP contribution in [0.5, 0.6) is 0 Å². The molecule has 0 aliphatic carbocycles. The molecular weight excluding hydrogens is 300 g/mol. The van der Waals surface area contributed by atoms with E-state index in [0.717, 1.165) is 19.3 Å². The Morgan fingerprint density at radius 3 is 2.50 bits per heavy atom. The highest BCUT2D eigenvalue weighted by Crippen LogP contribution is 2.13. The lowest BCUT2D eigenvalue weighted by Gasteiger charge is -2.31. The number of rotatable bonds is 4. The molecule has 1 N–H and O–H groups in total. The Balaban J connectivity index is 2.31. The monoisotopic (exact) mass is 320 g/mol. The molecule has 0 saturated carbocycles. The Labute approximate surface area is 116 Å². The van der Waals surface area contributed by atoms with Crippen LogP contribution in [0.2, 0.25) is 0 Å². The number of piperidine rings is 1. The fourth-order valence-electron chi connectivity index (χ4n) is 1.90. The molecule has 2 amide bonds. The molecule has 6 heteroatoms. The van der Waals surface area contributed by atoms with Crippen molar-refractivity contribution in [3.8, 4) is 0 Å². The van der Waals surface area contributed by atoms with Gasteiger partial charge < -0.3 is 15.0 Å². The van der Waals surface area contributed by atoms with Crippen molar-refractivity contribution in [1.29, 1.82) is 0 Å². The first-order chi connectivity index (χ1) is 8.58. The summed E-state index contributed by atoms with van der Waals surface area (Å²) in [5, 5.41) is 3.00. The molecule has 1 heterocycles. The van der Waals surface area contributed by atoms with Gasteiger partial charge in [-0.1, -0.05) is 22.9 Å². The van der Waals surface area contributed by atoms with Crippen LogP contribution in [-0.4, -0.2) is 47.5 Å². The third-order valence-electron chi connectivity index (χ3n) is 3.01. The predicted molar refractivity (Wildman–Crippen MR) is 72.8 cm³/mol. The highest BCUT2D eigenvalue weighted by molar-refractivity contribution is 9.10. The zero-order chi connectivity index (χ0) is 13.5. The largest absolute Gasteiger partial charge is 0.450 e. The van der Waals surface area contributed by atoms with E-state index in [-0.39, 0.29) is 22.9 Å². The van der Waals surface area contributed by atoms with Crippen LogP contribution in [0.4, 0.5) is 4.79 Å². The maximum absolute atomic E-state index is 11.7. The van der Waals surface area contributed by atoms with Gasteiger partial charge >= 0.3 is 6.09 Å². The van der Waals surface area contributed by atoms with Gasteiger partial charge in [0.15, 0.2) is 0 Å². The number of halogens is 1. The normalized spacial score (nSPS) is 18.3. The minimum Gasteiger partial charge on any atom is -0.450 e. The van der Waals surface area contributed by atoms with E-state index in [9.17, 15) is 9.59 Å². The summed E-state index contributed by atoms with van der Waals surface area (Å²) in [4.78, 5) is 24.8. The van der Waals surface area contributed by atoms with Crippen molar-refractivity contribution in [2.24, 2.45) is 0 Å². The molecule has 5 nitrogen and oxygen atoms in total. The van der Waals surface area contributed by atoms with E-state index in [1.165, 1.54) is 0 Å². The van der Waals surface area contributed by atoms with Crippen LogP contribution in [0.25, 0.3) is 0 Å². The Morgan fingerprint density at radius 2 is 2.00 bits per heavy atom. The molecule has 104 valence electrons. The van der Waals surface area contributed by atoms with Gasteiger partial charge in [0, 0.05) is 19.1 Å². The van der Waals surface area contributed by atoms with E-state index in [0.29, 0.717) is 19.7 Å². The van der Waals surface area contributed by atoms with E-state index < -0.39 is 0 Å². The third kappa shape index (κ3) is 4.48. The van der Waals surface area contributed by atoms with Gasteiger partial charge in [0.2, 0.25) is 5.91 Å². The number of amides is 2. The van der Waals surface area contributed by atoms with Crippen LogP contribution >= 0.6 is 15.9 Å². The molecule has 1 aliphatic rings. The van der Waals surface area contributed by atoms with E-state index in [1.54, 1.807) is 11.8 Å². The Hall–Kier alpha value is -0.780. The lowest BCUT2D eigenvalue weighted by atomic mass is 10.1. The van der Waals surface area contributed by atoms with Gasteiger partial charge in [0.05, 0.1) is 11.4 Å². The molecule has 0 bridgehead atoms. The Bertz CT molecular complexity index is 291. The fraction of sp³-hybridized carbons (Fsp3) is 0.833. The average Bonchev–Trinajstić information content (AvgIpc) is 2.38. The van der Waals surface area contributed by atoms with E-state index in [1.807, 2.05) is 6.92 Å². The van der Waals surface area contributed by atoms with Gasteiger partial charge in [-0.05, 0) is 26.2 Å². The number of carbonyl (C=O) groups excluding carboxylic acids is 2. The summed E-state index contributed by atoms with van der Waals surface area (Å²) in [6.45, 7) is 5.44. The molecule has 0 aromatic rings.